The van der Waals surface area contributed by atoms with Crippen molar-refractivity contribution in [1.82, 2.24) is 4.72 Å². The number of hydrogen-bond acceptors (Lipinski definition) is 8. The van der Waals surface area contributed by atoms with Crippen LogP contribution in [0.2, 0.25) is 0 Å². The molecule has 2 rings (SSSR count). The number of nitriles is 1. The summed E-state index contributed by atoms with van der Waals surface area (Å²) in [6, 6.07) is 11.8. The highest BCUT2D eigenvalue weighted by atomic mass is 32.2. The van der Waals surface area contributed by atoms with Crippen LogP contribution in [0.3, 0.4) is 0 Å². The monoisotopic (exact) mass is 418 g/mol. The molecular weight excluding hydrogens is 400 g/mol. The van der Waals surface area contributed by atoms with Crippen LogP contribution >= 0.6 is 0 Å². The van der Waals surface area contributed by atoms with E-state index in [0.717, 1.165) is 6.07 Å². The van der Waals surface area contributed by atoms with Gasteiger partial charge in [0, 0.05) is 20.2 Å². The predicted octanol–water partition coefficient (Wildman–Crippen LogP) is 1.55. The van der Waals surface area contributed by atoms with Crippen molar-refractivity contribution >= 4 is 27.4 Å². The first-order valence-electron chi connectivity index (χ1n) is 8.24. The second kappa shape index (κ2) is 9.13. The van der Waals surface area contributed by atoms with Gasteiger partial charge in [0.15, 0.2) is 0 Å². The highest BCUT2D eigenvalue weighted by molar-refractivity contribution is 7.89. The van der Waals surface area contributed by atoms with Crippen LogP contribution in [0.25, 0.3) is 0 Å². The van der Waals surface area contributed by atoms with E-state index in [1.165, 1.54) is 17.0 Å². The molecule has 0 aliphatic heterocycles. The first kappa shape index (κ1) is 21.8. The molecule has 0 saturated heterocycles. The molecule has 0 aromatic heterocycles. The molecule has 152 valence electrons. The molecule has 0 aliphatic carbocycles. The van der Waals surface area contributed by atoms with E-state index in [1.54, 1.807) is 38.4 Å². The quantitative estimate of drug-likeness (QED) is 0.386. The third kappa shape index (κ3) is 5.74. The maximum atomic E-state index is 12.4. The highest BCUT2D eigenvalue weighted by Gasteiger charge is 2.23. The average molecular weight is 418 g/mol. The lowest BCUT2D eigenvalue weighted by Crippen LogP contribution is -2.30. The zero-order valence-corrected chi connectivity index (χ0v) is 16.5. The van der Waals surface area contributed by atoms with Crippen molar-refractivity contribution in [3.63, 3.8) is 0 Å². The predicted molar refractivity (Wildman–Crippen MR) is 104 cm³/mol. The standard InChI is InChI=1S/C18H18N4O6S/c1-21(2)16-8-7-15(9-17(16)22(24)25)29(26,27)20-11-18(23)28-12-14-5-3-13(10-19)4-6-14/h3-9,20H,11-12H2,1-2H3. The Labute approximate surface area is 167 Å². The fraction of sp³-hybridized carbons (Fsp3) is 0.222. The number of carbonyl (C=O) groups excluding carboxylic acids is 1. The molecule has 0 atom stereocenters. The van der Waals surface area contributed by atoms with Gasteiger partial charge in [-0.05, 0) is 29.8 Å². The van der Waals surface area contributed by atoms with Gasteiger partial charge in [0.05, 0.1) is 21.5 Å². The van der Waals surface area contributed by atoms with Crippen LogP contribution in [0.15, 0.2) is 47.4 Å². The van der Waals surface area contributed by atoms with Crippen LogP contribution in [0, 0.1) is 21.4 Å². The Hall–Kier alpha value is -3.49. The first-order valence-corrected chi connectivity index (χ1v) is 9.72. The molecule has 0 saturated carbocycles. The summed E-state index contributed by atoms with van der Waals surface area (Å²) in [6.45, 7) is -0.725. The molecule has 29 heavy (non-hydrogen) atoms. The third-order valence-electron chi connectivity index (χ3n) is 3.83. The molecule has 0 heterocycles. The smallest absolute Gasteiger partial charge is 0.321 e. The van der Waals surface area contributed by atoms with Crippen molar-refractivity contribution in [3.8, 4) is 6.07 Å². The third-order valence-corrected chi connectivity index (χ3v) is 5.22. The topological polar surface area (TPSA) is 143 Å². The minimum atomic E-state index is -4.16. The normalized spacial score (nSPS) is 10.8. The average Bonchev–Trinajstić information content (AvgIpc) is 2.70. The molecule has 2 aromatic carbocycles. The maximum absolute atomic E-state index is 12.4. The summed E-state index contributed by atoms with van der Waals surface area (Å²) < 4.78 is 31.7. The molecule has 0 unspecified atom stereocenters. The minimum absolute atomic E-state index is 0.0880. The van der Waals surface area contributed by atoms with Gasteiger partial charge >= 0.3 is 5.97 Å². The summed E-state index contributed by atoms with van der Waals surface area (Å²) in [5.41, 5.74) is 0.967. The van der Waals surface area contributed by atoms with Crippen LogP contribution in [0.1, 0.15) is 11.1 Å². The molecule has 0 bridgehead atoms. The fourth-order valence-electron chi connectivity index (χ4n) is 2.32. The number of carbonyl (C=O) groups is 1. The Kier molecular flexibility index (Phi) is 6.87. The molecule has 0 spiro atoms. The number of benzene rings is 2. The van der Waals surface area contributed by atoms with Crippen molar-refractivity contribution in [2.75, 3.05) is 25.5 Å². The van der Waals surface area contributed by atoms with Crippen molar-refractivity contribution < 1.29 is 22.9 Å². The number of nitro groups is 1. The Morgan fingerprint density at radius 1 is 1.24 bits per heavy atom. The maximum Gasteiger partial charge on any atom is 0.321 e. The summed E-state index contributed by atoms with van der Waals surface area (Å²) in [7, 11) is -0.964. The van der Waals surface area contributed by atoms with Gasteiger partial charge in [-0.2, -0.15) is 9.98 Å². The fourth-order valence-corrected chi connectivity index (χ4v) is 3.31. The molecule has 0 radical (unpaired) electrons. The molecule has 0 amide bonds. The molecule has 11 heteroatoms. The number of esters is 1. The van der Waals surface area contributed by atoms with Gasteiger partial charge < -0.3 is 9.64 Å². The summed E-state index contributed by atoms with van der Waals surface area (Å²) >= 11 is 0. The van der Waals surface area contributed by atoms with E-state index in [2.05, 4.69) is 4.72 Å². The number of hydrogen-bond donors (Lipinski definition) is 1. The second-order valence-corrected chi connectivity index (χ2v) is 7.86. The van der Waals surface area contributed by atoms with Crippen molar-refractivity contribution in [2.24, 2.45) is 0 Å². The number of rotatable bonds is 8. The van der Waals surface area contributed by atoms with E-state index in [4.69, 9.17) is 10.00 Å². The zero-order valence-electron chi connectivity index (χ0n) is 15.7. The van der Waals surface area contributed by atoms with Crippen LogP contribution in [0.4, 0.5) is 11.4 Å². The summed E-state index contributed by atoms with van der Waals surface area (Å²) in [5, 5.41) is 19.9. The molecular formula is C18H18N4O6S. The van der Waals surface area contributed by atoms with E-state index in [1.807, 2.05) is 6.07 Å². The largest absolute Gasteiger partial charge is 0.460 e. The van der Waals surface area contributed by atoms with Gasteiger partial charge in [-0.3, -0.25) is 14.9 Å². The Bertz CT molecular complexity index is 1060. The lowest BCUT2D eigenvalue weighted by molar-refractivity contribution is -0.384. The van der Waals surface area contributed by atoms with E-state index in [0.29, 0.717) is 11.1 Å². The van der Waals surface area contributed by atoms with Gasteiger partial charge in [0.1, 0.15) is 18.8 Å². The molecule has 10 nitrogen and oxygen atoms in total. The number of nitrogens with one attached hydrogen (secondary N) is 1. The summed E-state index contributed by atoms with van der Waals surface area (Å²) in [4.78, 5) is 23.5. The lowest BCUT2D eigenvalue weighted by atomic mass is 10.2. The number of ether oxygens (including phenoxy) is 1. The molecule has 1 N–H and O–H groups in total. The van der Waals surface area contributed by atoms with E-state index >= 15 is 0 Å². The van der Waals surface area contributed by atoms with Crippen LogP contribution < -0.4 is 9.62 Å². The molecule has 0 fully saturated rings. The van der Waals surface area contributed by atoms with Gasteiger partial charge in [-0.25, -0.2) is 8.42 Å². The van der Waals surface area contributed by atoms with Gasteiger partial charge in [-0.1, -0.05) is 12.1 Å². The van der Waals surface area contributed by atoms with E-state index in [9.17, 15) is 23.3 Å². The SMILES string of the molecule is CN(C)c1ccc(S(=O)(=O)NCC(=O)OCc2ccc(C#N)cc2)cc1[N+](=O)[O-]. The van der Waals surface area contributed by atoms with Gasteiger partial charge in [0.2, 0.25) is 10.0 Å². The lowest BCUT2D eigenvalue weighted by Gasteiger charge is -2.13. The van der Waals surface area contributed by atoms with Crippen LogP contribution in [-0.2, 0) is 26.2 Å². The van der Waals surface area contributed by atoms with E-state index in [-0.39, 0.29) is 22.9 Å². The number of nitro benzene ring substituents is 1. The number of anilines is 1. The summed E-state index contributed by atoms with van der Waals surface area (Å²) in [5.74, 6) is -0.822. The van der Waals surface area contributed by atoms with Crippen molar-refractivity contribution in [2.45, 2.75) is 11.5 Å². The Morgan fingerprint density at radius 2 is 1.90 bits per heavy atom. The first-order chi connectivity index (χ1) is 13.6. The van der Waals surface area contributed by atoms with Gasteiger partial charge in [-0.15, -0.1) is 0 Å². The molecule has 2 aromatic rings. The number of sulfonamides is 1. The van der Waals surface area contributed by atoms with Crippen molar-refractivity contribution in [3.05, 3.63) is 63.7 Å². The van der Waals surface area contributed by atoms with Crippen LogP contribution in [0.5, 0.6) is 0 Å². The molecule has 0 aliphatic rings. The zero-order chi connectivity index (χ0) is 21.6. The highest BCUT2D eigenvalue weighted by Crippen LogP contribution is 2.29. The number of nitrogens with zero attached hydrogens (tertiary/aromatic N) is 3. The minimum Gasteiger partial charge on any atom is -0.460 e. The van der Waals surface area contributed by atoms with Crippen molar-refractivity contribution in [1.29, 1.82) is 5.26 Å². The van der Waals surface area contributed by atoms with Crippen LogP contribution in [-0.4, -0.2) is 40.0 Å². The Morgan fingerprint density at radius 3 is 2.45 bits per heavy atom. The van der Waals surface area contributed by atoms with Gasteiger partial charge in [0.25, 0.3) is 5.69 Å². The summed E-state index contributed by atoms with van der Waals surface area (Å²) in [6.07, 6.45) is 0. The van der Waals surface area contributed by atoms with E-state index < -0.39 is 27.5 Å². The Balaban J connectivity index is 2.01. The second-order valence-electron chi connectivity index (χ2n) is 6.10.